The second-order valence-corrected chi connectivity index (χ2v) is 21.3. The fourth-order valence-corrected chi connectivity index (χ4v) is 15.4. The molecule has 0 radical (unpaired) electrons. The van der Waals surface area contributed by atoms with Crippen molar-refractivity contribution in [3.63, 3.8) is 0 Å². The Kier molecular flexibility index (Phi) is 11.1. The summed E-state index contributed by atoms with van der Waals surface area (Å²) in [7, 11) is 0. The van der Waals surface area contributed by atoms with Gasteiger partial charge in [0.25, 0.3) is 11.8 Å². The summed E-state index contributed by atoms with van der Waals surface area (Å²) in [5.41, 5.74) is 0.333. The van der Waals surface area contributed by atoms with Crippen LogP contribution in [-0.4, -0.2) is 44.1 Å². The average molecular weight is 887 g/mol. The van der Waals surface area contributed by atoms with Gasteiger partial charge in [-0.2, -0.15) is 8.78 Å². The second kappa shape index (κ2) is 14.9. The number of benzene rings is 2. The van der Waals surface area contributed by atoms with Crippen LogP contribution in [0.1, 0.15) is 144 Å². The summed E-state index contributed by atoms with van der Waals surface area (Å²) in [6, 6.07) is 11.1. The van der Waals surface area contributed by atoms with Gasteiger partial charge in [-0.25, -0.2) is 4.79 Å². The number of aromatic carboxylic acids is 1. The molecule has 4 N–H and O–H groups in total. The van der Waals surface area contributed by atoms with E-state index in [1.165, 1.54) is 12.8 Å². The molecule has 5 aliphatic rings. The summed E-state index contributed by atoms with van der Waals surface area (Å²) in [5.74, 6) is -2.73. The fourth-order valence-electron chi connectivity index (χ4n) is 13.8. The summed E-state index contributed by atoms with van der Waals surface area (Å²) < 4.78 is 30.0. The van der Waals surface area contributed by atoms with E-state index in [0.29, 0.717) is 29.6 Å². The van der Waals surface area contributed by atoms with Crippen molar-refractivity contribution in [2.24, 2.45) is 51.2 Å². The van der Waals surface area contributed by atoms with E-state index in [0.717, 1.165) is 94.0 Å². The number of aliphatic hydroxyl groups is 1. The molecule has 0 spiro atoms. The van der Waals surface area contributed by atoms with Gasteiger partial charge in [0.05, 0.1) is 23.6 Å². The van der Waals surface area contributed by atoms with Crippen LogP contribution < -0.4 is 10.6 Å². The Morgan fingerprint density at radius 3 is 2.29 bits per heavy atom. The van der Waals surface area contributed by atoms with E-state index < -0.39 is 29.8 Å². The molecular weight excluding hydrogens is 825 g/mol. The number of carboxylic acid groups (broad SMARTS) is 1. The smallest absolute Gasteiger partial charge is 0.335 e. The Bertz CT molecular complexity index is 1840. The van der Waals surface area contributed by atoms with Crippen molar-refractivity contribution in [2.75, 3.05) is 6.54 Å². The first-order chi connectivity index (χ1) is 26.3. The van der Waals surface area contributed by atoms with Gasteiger partial charge in [0.1, 0.15) is 0 Å². The van der Waals surface area contributed by atoms with E-state index in [-0.39, 0.29) is 54.9 Å². The van der Waals surface area contributed by atoms with Crippen molar-refractivity contribution in [3.8, 4) is 0 Å². The highest BCUT2D eigenvalue weighted by Gasteiger charge is 2.72. The molecule has 0 bridgehead atoms. The Balaban J connectivity index is 1.06. The lowest BCUT2D eigenvalue weighted by molar-refractivity contribution is -0.204. The van der Waals surface area contributed by atoms with Crippen LogP contribution in [0.5, 0.6) is 0 Å². The number of carbonyl (C=O) groups is 3. The van der Waals surface area contributed by atoms with E-state index in [1.54, 1.807) is 18.2 Å². The van der Waals surface area contributed by atoms with Gasteiger partial charge in [-0.3, -0.25) is 9.59 Å². The molecule has 2 amide bonds. The third kappa shape index (κ3) is 6.62. The number of hydrogen-bond donors (Lipinski definition) is 4. The zero-order chi connectivity index (χ0) is 40.5. The van der Waals surface area contributed by atoms with Crippen LogP contribution in [0.3, 0.4) is 0 Å². The third-order valence-corrected chi connectivity index (χ3v) is 19.2. The molecule has 10 heteroatoms. The predicted octanol–water partition coefficient (Wildman–Crippen LogP) is 9.93. The maximum absolute atomic E-state index is 14.9. The molecule has 0 aliphatic heterocycles. The van der Waals surface area contributed by atoms with Gasteiger partial charge in [0.2, 0.25) is 5.91 Å². The molecule has 5 saturated carbocycles. The highest BCUT2D eigenvalue weighted by atomic mass is 127. The SMILES string of the molecule is CCCC1CCC2(C(=O)NCc3cccc(C(=O)NCC(F)(F)c4ccc(C(=O)O)cc4)c3)CCC3(I)C(CCC4C5(C)CCC(O)C(C)(C)C5CCC43C)C12. The minimum atomic E-state index is -3.40. The maximum Gasteiger partial charge on any atom is 0.335 e. The molecule has 7 rings (SSSR count). The van der Waals surface area contributed by atoms with Crippen molar-refractivity contribution in [3.05, 3.63) is 70.8 Å². The normalized spacial score (nSPS) is 37.3. The summed E-state index contributed by atoms with van der Waals surface area (Å²) in [5, 5.41) is 25.9. The molecule has 0 heterocycles. The standard InChI is InChI=1S/C46H61F2IN2O5/c1-6-8-29-17-22-44(23-24-45(49)33(37(29)44)15-16-35-42(4)20-19-36(52)41(2,3)34(42)18-21-43(35,45)5)40(56)50-26-28-9-7-10-31(25-28)38(53)51-27-46(47,48)32-13-11-30(12-14-32)39(54)55/h7,9-14,25,29,33-37,52H,6,8,15-24,26-27H2,1-5H3,(H,50,56)(H,51,53)(H,54,55). The Labute approximate surface area is 345 Å². The van der Waals surface area contributed by atoms with E-state index in [9.17, 15) is 28.3 Å². The molecule has 0 aromatic heterocycles. The number of aliphatic hydroxyl groups excluding tert-OH is 1. The van der Waals surface area contributed by atoms with Crippen molar-refractivity contribution in [1.29, 1.82) is 0 Å². The zero-order valence-electron chi connectivity index (χ0n) is 33.7. The van der Waals surface area contributed by atoms with Crippen LogP contribution in [-0.2, 0) is 17.3 Å². The summed E-state index contributed by atoms with van der Waals surface area (Å²) >= 11 is 2.92. The molecule has 306 valence electrons. The van der Waals surface area contributed by atoms with Gasteiger partial charge in [-0.1, -0.05) is 94.3 Å². The van der Waals surface area contributed by atoms with E-state index >= 15 is 0 Å². The molecule has 2 aromatic rings. The molecule has 2 aromatic carbocycles. The Hall–Kier alpha value is -2.60. The first kappa shape index (κ1) is 41.6. The topological polar surface area (TPSA) is 116 Å². The number of rotatable bonds is 10. The number of fused-ring (bicyclic) bond motifs is 7. The van der Waals surface area contributed by atoms with E-state index in [4.69, 9.17) is 5.11 Å². The average Bonchev–Trinajstić information content (AvgIpc) is 3.54. The monoisotopic (exact) mass is 886 g/mol. The fraction of sp³-hybridized carbons (Fsp3) is 0.674. The number of hydrogen-bond acceptors (Lipinski definition) is 4. The van der Waals surface area contributed by atoms with Crippen LogP contribution in [0.4, 0.5) is 8.78 Å². The van der Waals surface area contributed by atoms with Crippen molar-refractivity contribution in [2.45, 2.75) is 134 Å². The molecule has 10 unspecified atom stereocenters. The lowest BCUT2D eigenvalue weighted by Gasteiger charge is -2.72. The number of nitrogens with one attached hydrogen (secondary N) is 2. The molecule has 56 heavy (non-hydrogen) atoms. The van der Waals surface area contributed by atoms with Crippen LogP contribution in [0, 0.1) is 51.2 Å². The maximum atomic E-state index is 14.9. The number of amides is 2. The van der Waals surface area contributed by atoms with E-state index in [2.05, 4.69) is 67.8 Å². The highest BCUT2D eigenvalue weighted by molar-refractivity contribution is 14.1. The molecule has 0 saturated heterocycles. The molecule has 10 atom stereocenters. The number of halogens is 3. The van der Waals surface area contributed by atoms with Crippen LogP contribution in [0.15, 0.2) is 48.5 Å². The van der Waals surface area contributed by atoms with Gasteiger partial charge in [-0.05, 0) is 140 Å². The van der Waals surface area contributed by atoms with Gasteiger partial charge < -0.3 is 20.8 Å². The summed E-state index contributed by atoms with van der Waals surface area (Å²) in [6.07, 6.45) is 12.5. The number of carbonyl (C=O) groups excluding carboxylic acids is 2. The second-order valence-electron chi connectivity index (χ2n) is 19.4. The Morgan fingerprint density at radius 2 is 1.59 bits per heavy atom. The molecule has 7 nitrogen and oxygen atoms in total. The van der Waals surface area contributed by atoms with Gasteiger partial charge in [0.15, 0.2) is 0 Å². The summed E-state index contributed by atoms with van der Waals surface area (Å²) in [6.45, 7) is 11.3. The molecule has 5 fully saturated rings. The minimum absolute atomic E-state index is 0.0849. The van der Waals surface area contributed by atoms with Crippen LogP contribution in [0.25, 0.3) is 0 Å². The summed E-state index contributed by atoms with van der Waals surface area (Å²) in [4.78, 5) is 38.9. The van der Waals surface area contributed by atoms with Crippen LogP contribution >= 0.6 is 22.6 Å². The number of carboxylic acids is 1. The van der Waals surface area contributed by atoms with Gasteiger partial charge >= 0.3 is 5.97 Å². The minimum Gasteiger partial charge on any atom is -0.478 e. The van der Waals surface area contributed by atoms with Crippen LogP contribution in [0.2, 0.25) is 0 Å². The molecule has 5 aliphatic carbocycles. The van der Waals surface area contributed by atoms with Crippen molar-refractivity contribution >= 4 is 40.4 Å². The molecular formula is C46H61F2IN2O5. The predicted molar refractivity (Wildman–Crippen MR) is 222 cm³/mol. The zero-order valence-corrected chi connectivity index (χ0v) is 35.9. The van der Waals surface area contributed by atoms with Gasteiger partial charge in [-0.15, -0.1) is 0 Å². The largest absolute Gasteiger partial charge is 0.478 e. The Morgan fingerprint density at radius 1 is 0.857 bits per heavy atom. The highest BCUT2D eigenvalue weighted by Crippen LogP contribution is 2.77. The lowest BCUT2D eigenvalue weighted by Crippen LogP contribution is -2.69. The van der Waals surface area contributed by atoms with Gasteiger partial charge in [0, 0.05) is 21.1 Å². The lowest BCUT2D eigenvalue weighted by atomic mass is 9.36. The van der Waals surface area contributed by atoms with Crippen molar-refractivity contribution in [1.82, 2.24) is 10.6 Å². The third-order valence-electron chi connectivity index (χ3n) is 16.6. The number of alkyl halides is 3. The quantitative estimate of drug-likeness (QED) is 0.140. The first-order valence-electron chi connectivity index (χ1n) is 21.1. The van der Waals surface area contributed by atoms with E-state index in [1.807, 2.05) is 6.07 Å². The first-order valence-corrected chi connectivity index (χ1v) is 22.2. The van der Waals surface area contributed by atoms with Crippen molar-refractivity contribution < 1.29 is 33.4 Å².